The number of hydrogen-bond acceptors (Lipinski definition) is 3. The third-order valence-corrected chi connectivity index (χ3v) is 4.85. The molecule has 25 heavy (non-hydrogen) atoms. The number of carbonyl (C=O) groups is 2. The number of rotatable bonds is 4. The van der Waals surface area contributed by atoms with Crippen molar-refractivity contribution in [2.45, 2.75) is 38.6 Å². The number of nitrogens with zero attached hydrogens (tertiary/aromatic N) is 3. The summed E-state index contributed by atoms with van der Waals surface area (Å²) in [6.07, 6.45) is 2.33. The summed E-state index contributed by atoms with van der Waals surface area (Å²) in [6, 6.07) is 6.04. The summed E-state index contributed by atoms with van der Waals surface area (Å²) in [7, 11) is 1.46. The zero-order valence-electron chi connectivity index (χ0n) is 14.4. The standard InChI is InChI=1S/C18H20FN3O3/c1-18(2,17(24)25)21(3)16(23)15-13-8-5-9-14(13)22(20-15)12-7-4-6-11(19)10-12/h4,6-7,10H,5,8-9H2,1-3H3,(H,24,25). The number of carboxylic acid groups (broad SMARTS) is 1. The van der Waals surface area contributed by atoms with Crippen LogP contribution in [0.5, 0.6) is 0 Å². The van der Waals surface area contributed by atoms with Gasteiger partial charge in [-0.3, -0.25) is 4.79 Å². The van der Waals surface area contributed by atoms with E-state index in [-0.39, 0.29) is 11.5 Å². The van der Waals surface area contributed by atoms with Gasteiger partial charge in [-0.15, -0.1) is 0 Å². The third kappa shape index (κ3) is 2.79. The van der Waals surface area contributed by atoms with Crippen molar-refractivity contribution in [3.8, 4) is 5.69 Å². The van der Waals surface area contributed by atoms with Crippen molar-refractivity contribution in [2.75, 3.05) is 7.05 Å². The highest BCUT2D eigenvalue weighted by molar-refractivity contribution is 5.97. The molecule has 1 aromatic heterocycles. The first-order chi connectivity index (χ1) is 11.7. The molecule has 0 radical (unpaired) electrons. The maximum absolute atomic E-state index is 13.6. The second-order valence-corrected chi connectivity index (χ2v) is 6.75. The number of amides is 1. The lowest BCUT2D eigenvalue weighted by molar-refractivity contribution is -0.147. The van der Waals surface area contributed by atoms with Crippen molar-refractivity contribution < 1.29 is 19.1 Å². The van der Waals surface area contributed by atoms with Gasteiger partial charge in [0, 0.05) is 18.3 Å². The van der Waals surface area contributed by atoms with E-state index < -0.39 is 17.4 Å². The lowest BCUT2D eigenvalue weighted by atomic mass is 10.0. The van der Waals surface area contributed by atoms with E-state index >= 15 is 0 Å². The Balaban J connectivity index is 2.06. The van der Waals surface area contributed by atoms with Gasteiger partial charge in [0.05, 0.1) is 5.69 Å². The molecule has 0 saturated carbocycles. The van der Waals surface area contributed by atoms with Crippen molar-refractivity contribution in [1.82, 2.24) is 14.7 Å². The molecule has 1 aliphatic rings. The highest BCUT2D eigenvalue weighted by atomic mass is 19.1. The fourth-order valence-electron chi connectivity index (χ4n) is 2.99. The Labute approximate surface area is 144 Å². The first kappa shape index (κ1) is 17.1. The Kier molecular flexibility index (Phi) is 4.10. The molecule has 6 nitrogen and oxygen atoms in total. The Hall–Kier alpha value is -2.70. The van der Waals surface area contributed by atoms with Crippen molar-refractivity contribution in [3.63, 3.8) is 0 Å². The Morgan fingerprint density at radius 3 is 2.68 bits per heavy atom. The van der Waals surface area contributed by atoms with Crippen molar-refractivity contribution in [3.05, 3.63) is 47.0 Å². The van der Waals surface area contributed by atoms with Gasteiger partial charge < -0.3 is 10.0 Å². The van der Waals surface area contributed by atoms with Crippen LogP contribution in [0.25, 0.3) is 5.69 Å². The maximum atomic E-state index is 13.6. The van der Waals surface area contributed by atoms with Crippen LogP contribution in [0.15, 0.2) is 24.3 Å². The van der Waals surface area contributed by atoms with Gasteiger partial charge in [0.15, 0.2) is 5.69 Å². The number of carbonyl (C=O) groups excluding carboxylic acids is 1. The highest BCUT2D eigenvalue weighted by Crippen LogP contribution is 2.29. The second kappa shape index (κ2) is 5.98. The minimum absolute atomic E-state index is 0.244. The summed E-state index contributed by atoms with van der Waals surface area (Å²) in [4.78, 5) is 25.5. The Bertz CT molecular complexity index is 857. The maximum Gasteiger partial charge on any atom is 0.329 e. The zero-order chi connectivity index (χ0) is 18.4. The molecule has 0 saturated heterocycles. The van der Waals surface area contributed by atoms with E-state index in [2.05, 4.69) is 5.10 Å². The van der Waals surface area contributed by atoms with Gasteiger partial charge in [-0.1, -0.05) is 6.07 Å². The van der Waals surface area contributed by atoms with Gasteiger partial charge in [0.1, 0.15) is 11.4 Å². The summed E-state index contributed by atoms with van der Waals surface area (Å²) in [5, 5.41) is 13.8. The smallest absolute Gasteiger partial charge is 0.329 e. The normalized spacial score (nSPS) is 13.6. The molecule has 0 bridgehead atoms. The van der Waals surface area contributed by atoms with E-state index in [9.17, 15) is 19.1 Å². The van der Waals surface area contributed by atoms with E-state index in [0.29, 0.717) is 12.1 Å². The third-order valence-electron chi connectivity index (χ3n) is 4.85. The molecule has 0 spiro atoms. The Morgan fingerprint density at radius 2 is 2.04 bits per heavy atom. The van der Waals surface area contributed by atoms with Crippen molar-refractivity contribution in [1.29, 1.82) is 0 Å². The second-order valence-electron chi connectivity index (χ2n) is 6.75. The number of benzene rings is 1. The lowest BCUT2D eigenvalue weighted by Gasteiger charge is -2.31. The van der Waals surface area contributed by atoms with E-state index in [4.69, 9.17) is 0 Å². The van der Waals surface area contributed by atoms with Crippen LogP contribution in [0, 0.1) is 5.82 Å². The summed E-state index contributed by atoms with van der Waals surface area (Å²) < 4.78 is 15.2. The molecule has 0 unspecified atom stereocenters. The van der Waals surface area contributed by atoms with E-state index in [1.54, 1.807) is 16.8 Å². The van der Waals surface area contributed by atoms with E-state index in [0.717, 1.165) is 24.1 Å². The number of likely N-dealkylation sites (N-methyl/N-ethyl adjacent to an activating group) is 1. The summed E-state index contributed by atoms with van der Waals surface area (Å²) >= 11 is 0. The average molecular weight is 345 g/mol. The van der Waals surface area contributed by atoms with Crippen LogP contribution in [0.1, 0.15) is 42.0 Å². The molecule has 1 aromatic carbocycles. The zero-order valence-corrected chi connectivity index (χ0v) is 14.4. The van der Waals surface area contributed by atoms with Crippen molar-refractivity contribution in [2.24, 2.45) is 0 Å². The molecular weight excluding hydrogens is 325 g/mol. The lowest BCUT2D eigenvalue weighted by Crippen LogP contribution is -2.51. The number of halogens is 1. The van der Waals surface area contributed by atoms with Crippen LogP contribution in [-0.4, -0.2) is 44.3 Å². The topological polar surface area (TPSA) is 75.4 Å². The van der Waals surface area contributed by atoms with Crippen LogP contribution >= 0.6 is 0 Å². The van der Waals surface area contributed by atoms with Gasteiger partial charge in [-0.25, -0.2) is 13.9 Å². The molecular formula is C18H20FN3O3. The van der Waals surface area contributed by atoms with Gasteiger partial charge in [-0.05, 0) is 51.3 Å². The van der Waals surface area contributed by atoms with Crippen LogP contribution in [0.4, 0.5) is 4.39 Å². The summed E-state index contributed by atoms with van der Waals surface area (Å²) in [6.45, 7) is 2.94. The molecule has 3 rings (SSSR count). The molecule has 7 heteroatoms. The number of fused-ring (bicyclic) bond motifs is 1. The molecule has 2 aromatic rings. The highest BCUT2D eigenvalue weighted by Gasteiger charge is 2.38. The average Bonchev–Trinajstić information content (AvgIpc) is 3.15. The van der Waals surface area contributed by atoms with Crippen LogP contribution < -0.4 is 0 Å². The van der Waals surface area contributed by atoms with Crippen LogP contribution in [0.3, 0.4) is 0 Å². The predicted octanol–water partition coefficient (Wildman–Crippen LogP) is 2.44. The summed E-state index contributed by atoms with van der Waals surface area (Å²) in [5.41, 5.74) is 1.15. The van der Waals surface area contributed by atoms with Crippen LogP contribution in [-0.2, 0) is 17.6 Å². The molecule has 1 aliphatic carbocycles. The molecule has 1 N–H and O–H groups in total. The van der Waals surface area contributed by atoms with Gasteiger partial charge in [0.2, 0.25) is 0 Å². The molecule has 0 atom stereocenters. The fourth-order valence-corrected chi connectivity index (χ4v) is 2.99. The predicted molar refractivity (Wildman–Crippen MR) is 89.4 cm³/mol. The van der Waals surface area contributed by atoms with Crippen LogP contribution in [0.2, 0.25) is 0 Å². The first-order valence-corrected chi connectivity index (χ1v) is 8.11. The monoisotopic (exact) mass is 345 g/mol. The minimum Gasteiger partial charge on any atom is -0.480 e. The van der Waals surface area contributed by atoms with E-state index in [1.165, 1.54) is 37.9 Å². The van der Waals surface area contributed by atoms with Gasteiger partial charge in [0.25, 0.3) is 5.91 Å². The molecule has 1 heterocycles. The first-order valence-electron chi connectivity index (χ1n) is 8.11. The summed E-state index contributed by atoms with van der Waals surface area (Å²) in [5.74, 6) is -1.91. The Morgan fingerprint density at radius 1 is 1.32 bits per heavy atom. The van der Waals surface area contributed by atoms with Gasteiger partial charge in [-0.2, -0.15) is 5.10 Å². The molecule has 0 fully saturated rings. The largest absolute Gasteiger partial charge is 0.480 e. The number of aromatic nitrogens is 2. The number of hydrogen-bond donors (Lipinski definition) is 1. The number of carboxylic acids is 1. The minimum atomic E-state index is -1.36. The molecule has 0 aliphatic heterocycles. The van der Waals surface area contributed by atoms with Crippen molar-refractivity contribution >= 4 is 11.9 Å². The SMILES string of the molecule is CN(C(=O)c1nn(-c2cccc(F)c2)c2c1CCC2)C(C)(C)C(=O)O. The number of aliphatic carboxylic acids is 1. The van der Waals surface area contributed by atoms with E-state index in [1.807, 2.05) is 0 Å². The quantitative estimate of drug-likeness (QED) is 0.923. The fraction of sp³-hybridized carbons (Fsp3) is 0.389. The van der Waals surface area contributed by atoms with Gasteiger partial charge >= 0.3 is 5.97 Å². The molecule has 1 amide bonds. The molecule has 132 valence electrons.